The Balaban J connectivity index is 2.39. The van der Waals surface area contributed by atoms with Gasteiger partial charge in [0.05, 0.1) is 11.3 Å². The topological polar surface area (TPSA) is 49.2 Å². The van der Waals surface area contributed by atoms with Gasteiger partial charge in [0.15, 0.2) is 0 Å². The van der Waals surface area contributed by atoms with E-state index >= 15 is 0 Å². The molecule has 4 heteroatoms. The first-order valence-corrected chi connectivity index (χ1v) is 4.57. The molecule has 0 fully saturated rings. The SMILES string of the molecule is CC(C)N1Cc2[nH]oc(=O)c2C1C. The van der Waals surface area contributed by atoms with Crippen LogP contribution in [0.25, 0.3) is 0 Å². The number of aromatic nitrogens is 1. The Labute approximate surface area is 76.5 Å². The zero-order valence-corrected chi connectivity index (χ0v) is 8.13. The summed E-state index contributed by atoms with van der Waals surface area (Å²) in [6.45, 7) is 7.09. The molecule has 1 aromatic heterocycles. The van der Waals surface area contributed by atoms with E-state index in [0.29, 0.717) is 6.04 Å². The van der Waals surface area contributed by atoms with Crippen molar-refractivity contribution < 1.29 is 4.52 Å². The second-order valence-corrected chi connectivity index (χ2v) is 3.83. The van der Waals surface area contributed by atoms with E-state index in [-0.39, 0.29) is 11.7 Å². The van der Waals surface area contributed by atoms with Crippen LogP contribution in [0, 0.1) is 0 Å². The van der Waals surface area contributed by atoms with Gasteiger partial charge in [-0.1, -0.05) is 0 Å². The second-order valence-electron chi connectivity index (χ2n) is 3.83. The lowest BCUT2D eigenvalue weighted by Crippen LogP contribution is -2.29. The second kappa shape index (κ2) is 2.73. The monoisotopic (exact) mass is 182 g/mol. The first-order valence-electron chi connectivity index (χ1n) is 4.57. The predicted molar refractivity (Wildman–Crippen MR) is 48.4 cm³/mol. The lowest BCUT2D eigenvalue weighted by Gasteiger charge is -2.24. The number of H-pyrrole nitrogens is 1. The molecule has 1 unspecified atom stereocenters. The Morgan fingerprint density at radius 3 is 2.85 bits per heavy atom. The van der Waals surface area contributed by atoms with Crippen LogP contribution in [0.1, 0.15) is 38.1 Å². The van der Waals surface area contributed by atoms with Crippen LogP contribution in [0.4, 0.5) is 0 Å². The zero-order chi connectivity index (χ0) is 9.59. The lowest BCUT2D eigenvalue weighted by molar-refractivity contribution is 0.170. The van der Waals surface area contributed by atoms with Crippen LogP contribution in [-0.4, -0.2) is 16.1 Å². The molecular weight excluding hydrogens is 168 g/mol. The van der Waals surface area contributed by atoms with Crippen molar-refractivity contribution in [3.05, 3.63) is 21.7 Å². The summed E-state index contributed by atoms with van der Waals surface area (Å²) >= 11 is 0. The van der Waals surface area contributed by atoms with Crippen molar-refractivity contribution in [1.29, 1.82) is 0 Å². The maximum atomic E-state index is 11.3. The molecule has 1 atom stereocenters. The maximum absolute atomic E-state index is 11.3. The molecule has 1 aromatic rings. The smallest absolute Gasteiger partial charge is 0.338 e. The van der Waals surface area contributed by atoms with Crippen molar-refractivity contribution in [3.63, 3.8) is 0 Å². The highest BCUT2D eigenvalue weighted by Crippen LogP contribution is 2.31. The quantitative estimate of drug-likeness (QED) is 0.711. The molecule has 4 nitrogen and oxygen atoms in total. The fourth-order valence-corrected chi connectivity index (χ4v) is 2.00. The van der Waals surface area contributed by atoms with Gasteiger partial charge in [-0.3, -0.25) is 4.90 Å². The molecule has 72 valence electrons. The van der Waals surface area contributed by atoms with Crippen LogP contribution in [-0.2, 0) is 6.54 Å². The fourth-order valence-electron chi connectivity index (χ4n) is 2.00. The first kappa shape index (κ1) is 8.56. The van der Waals surface area contributed by atoms with Gasteiger partial charge in [-0.25, -0.2) is 9.95 Å². The number of fused-ring (bicyclic) bond motifs is 1. The van der Waals surface area contributed by atoms with Crippen molar-refractivity contribution in [1.82, 2.24) is 10.1 Å². The summed E-state index contributed by atoms with van der Waals surface area (Å²) in [5.74, 6) is 0. The molecule has 1 aliphatic rings. The van der Waals surface area contributed by atoms with E-state index < -0.39 is 0 Å². The minimum Gasteiger partial charge on any atom is -0.338 e. The highest BCUT2D eigenvalue weighted by molar-refractivity contribution is 5.24. The third-order valence-electron chi connectivity index (χ3n) is 2.73. The van der Waals surface area contributed by atoms with E-state index in [0.717, 1.165) is 17.8 Å². The summed E-state index contributed by atoms with van der Waals surface area (Å²) in [6, 6.07) is 0.632. The molecule has 0 spiro atoms. The molecule has 1 N–H and O–H groups in total. The van der Waals surface area contributed by atoms with E-state index in [9.17, 15) is 4.79 Å². The molecule has 2 heterocycles. The molecule has 0 bridgehead atoms. The lowest BCUT2D eigenvalue weighted by atomic mass is 10.2. The van der Waals surface area contributed by atoms with Gasteiger partial charge < -0.3 is 4.52 Å². The Morgan fingerprint density at radius 2 is 2.31 bits per heavy atom. The van der Waals surface area contributed by atoms with Crippen LogP contribution in [0.15, 0.2) is 9.32 Å². The van der Waals surface area contributed by atoms with E-state index in [1.807, 2.05) is 6.92 Å². The minimum atomic E-state index is -0.217. The normalized spacial score (nSPS) is 22.6. The maximum Gasteiger partial charge on any atom is 0.362 e. The number of hydrogen-bond acceptors (Lipinski definition) is 3. The molecule has 0 saturated heterocycles. The van der Waals surface area contributed by atoms with Gasteiger partial charge in [-0.2, -0.15) is 0 Å². The standard InChI is InChI=1S/C9H14N2O2/c1-5(2)11-4-7-8(6(11)3)9(12)13-10-7/h5-6,10H,4H2,1-3H3. The van der Waals surface area contributed by atoms with Crippen LogP contribution in [0.3, 0.4) is 0 Å². The molecule has 13 heavy (non-hydrogen) atoms. The van der Waals surface area contributed by atoms with Gasteiger partial charge in [0.1, 0.15) is 0 Å². The van der Waals surface area contributed by atoms with E-state index in [1.54, 1.807) is 0 Å². The summed E-state index contributed by atoms with van der Waals surface area (Å²) in [4.78, 5) is 13.5. The van der Waals surface area contributed by atoms with Crippen LogP contribution < -0.4 is 5.63 Å². The van der Waals surface area contributed by atoms with Crippen molar-refractivity contribution in [2.45, 2.75) is 39.4 Å². The average Bonchev–Trinajstić information content (AvgIpc) is 2.55. The number of rotatable bonds is 1. The number of aromatic amines is 1. The van der Waals surface area contributed by atoms with Gasteiger partial charge in [0.25, 0.3) is 0 Å². The largest absolute Gasteiger partial charge is 0.362 e. The Hall–Kier alpha value is -1.03. The van der Waals surface area contributed by atoms with E-state index in [1.165, 1.54) is 0 Å². The number of hydrogen-bond donors (Lipinski definition) is 1. The summed E-state index contributed by atoms with van der Waals surface area (Å²) in [7, 11) is 0. The first-order chi connectivity index (χ1) is 6.11. The molecule has 2 rings (SSSR count). The minimum absolute atomic E-state index is 0.178. The van der Waals surface area contributed by atoms with Gasteiger partial charge in [-0.05, 0) is 20.8 Å². The zero-order valence-electron chi connectivity index (χ0n) is 8.13. The van der Waals surface area contributed by atoms with Gasteiger partial charge in [0, 0.05) is 18.6 Å². The van der Waals surface area contributed by atoms with Crippen molar-refractivity contribution in [3.8, 4) is 0 Å². The van der Waals surface area contributed by atoms with Crippen LogP contribution in [0.2, 0.25) is 0 Å². The molecule has 0 radical (unpaired) electrons. The van der Waals surface area contributed by atoms with E-state index in [2.05, 4.69) is 23.9 Å². The molecule has 1 aliphatic heterocycles. The molecule has 0 aliphatic carbocycles. The number of nitrogens with one attached hydrogen (secondary N) is 1. The van der Waals surface area contributed by atoms with Gasteiger partial charge in [-0.15, -0.1) is 0 Å². The van der Waals surface area contributed by atoms with Gasteiger partial charge in [0.2, 0.25) is 0 Å². The predicted octanol–water partition coefficient (Wildman–Crippen LogP) is 1.25. The van der Waals surface area contributed by atoms with E-state index in [4.69, 9.17) is 4.52 Å². The van der Waals surface area contributed by atoms with Crippen molar-refractivity contribution in [2.24, 2.45) is 0 Å². The third kappa shape index (κ3) is 1.13. The average molecular weight is 182 g/mol. The summed E-state index contributed by atoms with van der Waals surface area (Å²) in [5.41, 5.74) is 1.52. The van der Waals surface area contributed by atoms with Gasteiger partial charge >= 0.3 is 5.63 Å². The summed E-state index contributed by atoms with van der Waals surface area (Å²) in [6.07, 6.45) is 0. The molecule has 0 saturated carbocycles. The highest BCUT2D eigenvalue weighted by Gasteiger charge is 2.33. The molecule has 0 amide bonds. The number of nitrogens with zero attached hydrogens (tertiary/aromatic N) is 1. The summed E-state index contributed by atoms with van der Waals surface area (Å²) in [5, 5.41) is 2.67. The highest BCUT2D eigenvalue weighted by atomic mass is 16.5. The molecule has 0 aromatic carbocycles. The summed E-state index contributed by atoms with van der Waals surface area (Å²) < 4.78 is 4.73. The Morgan fingerprint density at radius 1 is 1.62 bits per heavy atom. The fraction of sp³-hybridized carbons (Fsp3) is 0.667. The van der Waals surface area contributed by atoms with Crippen molar-refractivity contribution in [2.75, 3.05) is 0 Å². The van der Waals surface area contributed by atoms with Crippen molar-refractivity contribution >= 4 is 0 Å². The Bertz CT molecular complexity index is 364. The third-order valence-corrected chi connectivity index (χ3v) is 2.73. The van der Waals surface area contributed by atoms with Crippen LogP contribution >= 0.6 is 0 Å². The van der Waals surface area contributed by atoms with Crippen LogP contribution in [0.5, 0.6) is 0 Å². The molecular formula is C9H14N2O2. The Kier molecular flexibility index (Phi) is 1.80.